The molecule has 0 saturated carbocycles. The standard InChI is InChI=1S/C52H60BrF2N10O5P/c1-4-33-8-9-36-41(57-33)11-12-42(48(36)71(69)22-6-7-23-71)58-49-38(53)28-56-52(61-49)59-43-24-31(3)44(27-45(43)70-5-2)63-16-14-34(15-17-63)62-18-20-64(21-19-62)51(68)32-29-65(30-32)35-25-39(54)47(40(55)26-35)37-10-13-46(66)60-50(37)67/h8-9,11-12,24-28,32,34,37H,4-7,10,13-23,29-30H2,1-3H3,(H,60,66,67)(H2,56,58,59,61). The SMILES string of the molecule is CCOc1cc(N2CCC(N3CCN(C(=O)C4CN(c5cc(F)c(C6CCC(=O)NC6=O)c(F)c5)C4)CC3)CC2)c(C)cc1Nc1ncc(Br)c(Nc2ccc3nc(CC)ccc3c2P2(=O)CCCC2)n1. The Labute approximate surface area is 421 Å². The Hall–Kier alpha value is -5.71. The minimum atomic E-state index is -2.66. The van der Waals surface area contributed by atoms with Gasteiger partial charge in [-0.15, -0.1) is 0 Å². The quantitative estimate of drug-likeness (QED) is 0.0762. The second kappa shape index (κ2) is 20.4. The Morgan fingerprint density at radius 1 is 0.887 bits per heavy atom. The number of hydrogen-bond donors (Lipinski definition) is 3. The van der Waals surface area contributed by atoms with Gasteiger partial charge < -0.3 is 34.6 Å². The number of pyridine rings is 1. The number of piperazine rings is 1. The zero-order valence-electron chi connectivity index (χ0n) is 40.4. The number of fused-ring (bicyclic) bond motifs is 1. The lowest BCUT2D eigenvalue weighted by atomic mass is 9.89. The van der Waals surface area contributed by atoms with Gasteiger partial charge in [-0.2, -0.15) is 4.98 Å². The molecule has 15 nitrogen and oxygen atoms in total. The Kier molecular flexibility index (Phi) is 14.1. The second-order valence-electron chi connectivity index (χ2n) is 19.4. The highest BCUT2D eigenvalue weighted by Gasteiger charge is 2.40. The molecule has 3 N–H and O–H groups in total. The Morgan fingerprint density at radius 3 is 2.31 bits per heavy atom. The molecule has 3 aromatic carbocycles. The highest BCUT2D eigenvalue weighted by atomic mass is 79.9. The lowest BCUT2D eigenvalue weighted by Gasteiger charge is -2.46. The van der Waals surface area contributed by atoms with E-state index in [1.807, 2.05) is 30.0 Å². The van der Waals surface area contributed by atoms with Crippen LogP contribution in [0.4, 0.5) is 43.3 Å². The summed E-state index contributed by atoms with van der Waals surface area (Å²) in [5.41, 5.74) is 5.59. The van der Waals surface area contributed by atoms with Gasteiger partial charge in [0.1, 0.15) is 30.3 Å². The van der Waals surface area contributed by atoms with Crippen molar-refractivity contribution in [2.45, 2.75) is 77.7 Å². The van der Waals surface area contributed by atoms with Crippen LogP contribution in [0.5, 0.6) is 5.75 Å². The normalized spacial score (nSPS) is 20.0. The number of carbonyl (C=O) groups excluding carboxylic acids is 3. The second-order valence-corrected chi connectivity index (χ2v) is 23.4. The first-order chi connectivity index (χ1) is 34.3. The van der Waals surface area contributed by atoms with Crippen LogP contribution in [0.15, 0.2) is 59.2 Å². The molecule has 7 heterocycles. The summed E-state index contributed by atoms with van der Waals surface area (Å²) >= 11 is 3.66. The number of rotatable bonds is 13. The van der Waals surface area contributed by atoms with Crippen molar-refractivity contribution in [1.29, 1.82) is 0 Å². The van der Waals surface area contributed by atoms with Crippen LogP contribution in [0.1, 0.15) is 75.1 Å². The number of amides is 3. The fraction of sp³-hybridized carbons (Fsp3) is 0.462. The smallest absolute Gasteiger partial charge is 0.234 e. The summed E-state index contributed by atoms with van der Waals surface area (Å²) in [6.07, 6.45) is 7.84. The largest absolute Gasteiger partial charge is 0.492 e. The number of piperidine rings is 2. The van der Waals surface area contributed by atoms with E-state index in [0.717, 1.165) is 103 Å². The summed E-state index contributed by atoms with van der Waals surface area (Å²) in [6.45, 7) is 12.0. The molecule has 3 amide bonds. The highest BCUT2D eigenvalue weighted by molar-refractivity contribution is 9.10. The van der Waals surface area contributed by atoms with Gasteiger partial charge in [0.25, 0.3) is 0 Å². The molecule has 0 bridgehead atoms. The van der Waals surface area contributed by atoms with Gasteiger partial charge in [0.2, 0.25) is 23.7 Å². The van der Waals surface area contributed by atoms with Gasteiger partial charge >= 0.3 is 0 Å². The lowest BCUT2D eigenvalue weighted by Crippen LogP contribution is -2.59. The summed E-state index contributed by atoms with van der Waals surface area (Å²) in [7, 11) is -2.66. The van der Waals surface area contributed by atoms with Gasteiger partial charge in [0.05, 0.1) is 39.8 Å². The van der Waals surface area contributed by atoms with Gasteiger partial charge in [0, 0.05) is 123 Å². The number of anilines is 6. The maximum atomic E-state index is 15.2. The Balaban J connectivity index is 0.742. The minimum Gasteiger partial charge on any atom is -0.492 e. The van der Waals surface area contributed by atoms with Crippen molar-refractivity contribution in [1.82, 2.24) is 30.1 Å². The number of imide groups is 1. The molecule has 71 heavy (non-hydrogen) atoms. The Morgan fingerprint density at radius 2 is 1.62 bits per heavy atom. The third kappa shape index (κ3) is 9.96. The maximum absolute atomic E-state index is 15.2. The number of nitrogens with one attached hydrogen (secondary N) is 3. The Bertz CT molecular complexity index is 2910. The number of hydrogen-bond acceptors (Lipinski definition) is 13. The average Bonchev–Trinajstić information content (AvgIpc) is 3.80. The highest BCUT2D eigenvalue weighted by Crippen LogP contribution is 2.54. The van der Waals surface area contributed by atoms with Gasteiger partial charge in [-0.25, -0.2) is 13.8 Å². The first-order valence-electron chi connectivity index (χ1n) is 25.0. The molecule has 5 aliphatic heterocycles. The maximum Gasteiger partial charge on any atom is 0.234 e. The third-order valence-corrected chi connectivity index (χ3v) is 18.9. The van der Waals surface area contributed by atoms with Gasteiger partial charge in [-0.1, -0.05) is 13.0 Å². The van der Waals surface area contributed by atoms with Crippen LogP contribution in [-0.4, -0.2) is 120 Å². The number of aryl methyl sites for hydroxylation is 2. The topological polar surface area (TPSA) is 165 Å². The molecule has 5 aliphatic rings. The van der Waals surface area contributed by atoms with Crippen LogP contribution >= 0.6 is 23.1 Å². The van der Waals surface area contributed by atoms with Crippen LogP contribution < -0.4 is 35.8 Å². The summed E-state index contributed by atoms with van der Waals surface area (Å²) in [5.74, 6) is -2.40. The van der Waals surface area contributed by atoms with E-state index < -0.39 is 36.5 Å². The van der Waals surface area contributed by atoms with E-state index in [-0.39, 0.29) is 30.2 Å². The fourth-order valence-corrected chi connectivity index (χ4v) is 14.8. The van der Waals surface area contributed by atoms with E-state index in [4.69, 9.17) is 14.7 Å². The number of nitrogens with zero attached hydrogens (tertiary/aromatic N) is 7. The number of benzene rings is 3. The summed E-state index contributed by atoms with van der Waals surface area (Å²) in [5, 5.41) is 10.9. The molecule has 0 radical (unpaired) electrons. The summed E-state index contributed by atoms with van der Waals surface area (Å²) in [4.78, 5) is 60.4. The number of aromatic nitrogens is 3. The summed E-state index contributed by atoms with van der Waals surface area (Å²) < 4.78 is 51.8. The number of ether oxygens (including phenoxy) is 1. The molecule has 1 unspecified atom stereocenters. The molecule has 19 heteroatoms. The van der Waals surface area contributed by atoms with Crippen LogP contribution in [0.25, 0.3) is 10.9 Å². The van der Waals surface area contributed by atoms with Crippen molar-refractivity contribution in [3.8, 4) is 5.75 Å². The van der Waals surface area contributed by atoms with Crippen LogP contribution in [0.3, 0.4) is 0 Å². The minimum absolute atomic E-state index is 0.0272. The molecular formula is C52H60BrF2N10O5P. The van der Waals surface area contributed by atoms with E-state index in [1.54, 1.807) is 11.1 Å². The average molecular weight is 1050 g/mol. The van der Waals surface area contributed by atoms with Gasteiger partial charge in [0.15, 0.2) is 0 Å². The lowest BCUT2D eigenvalue weighted by molar-refractivity contribution is -0.138. The molecule has 2 aromatic heterocycles. The molecular weight excluding hydrogens is 994 g/mol. The zero-order valence-corrected chi connectivity index (χ0v) is 42.9. The van der Waals surface area contributed by atoms with E-state index in [1.165, 1.54) is 12.1 Å². The van der Waals surface area contributed by atoms with Crippen molar-refractivity contribution < 1.29 is 32.5 Å². The molecule has 5 aromatic rings. The molecule has 374 valence electrons. The zero-order chi connectivity index (χ0) is 49.6. The molecule has 10 rings (SSSR count). The van der Waals surface area contributed by atoms with Crippen molar-refractivity contribution >= 4 is 91.5 Å². The number of carbonyl (C=O) groups is 3. The third-order valence-electron chi connectivity index (χ3n) is 15.0. The van der Waals surface area contributed by atoms with Crippen LogP contribution in [0.2, 0.25) is 0 Å². The van der Waals surface area contributed by atoms with Crippen molar-refractivity contribution in [2.24, 2.45) is 5.92 Å². The van der Waals surface area contributed by atoms with Crippen molar-refractivity contribution in [3.63, 3.8) is 0 Å². The summed E-state index contributed by atoms with van der Waals surface area (Å²) in [6, 6.07) is 15.1. The molecule has 0 aliphatic carbocycles. The molecule has 5 fully saturated rings. The molecule has 0 spiro atoms. The first-order valence-corrected chi connectivity index (χ1v) is 27.9. The van der Waals surface area contributed by atoms with Gasteiger partial charge in [-0.3, -0.25) is 29.6 Å². The van der Waals surface area contributed by atoms with Crippen LogP contribution in [-0.2, 0) is 25.4 Å². The predicted octanol–water partition coefficient (Wildman–Crippen LogP) is 8.37. The van der Waals surface area contributed by atoms with E-state index in [0.29, 0.717) is 78.8 Å². The fourth-order valence-electron chi connectivity index (χ4n) is 11.1. The van der Waals surface area contributed by atoms with E-state index >= 15 is 8.78 Å². The van der Waals surface area contributed by atoms with Gasteiger partial charge in [-0.05, 0) is 110 Å². The number of halogens is 3. The van der Waals surface area contributed by atoms with Crippen molar-refractivity contribution in [3.05, 3.63) is 87.7 Å². The van der Waals surface area contributed by atoms with Crippen molar-refractivity contribution in [2.75, 3.05) is 91.7 Å². The van der Waals surface area contributed by atoms with E-state index in [2.05, 4.69) is 78.7 Å². The first kappa shape index (κ1) is 48.9. The monoisotopic (exact) mass is 1050 g/mol. The predicted molar refractivity (Wildman–Crippen MR) is 277 cm³/mol. The van der Waals surface area contributed by atoms with Crippen LogP contribution in [0, 0.1) is 24.5 Å². The molecule has 1 atom stereocenters. The molecule has 5 saturated heterocycles. The van der Waals surface area contributed by atoms with E-state index in [9.17, 15) is 18.9 Å².